The molecule has 1 rings (SSSR count). The van der Waals surface area contributed by atoms with E-state index in [1.807, 2.05) is 0 Å². The number of hydrogen-bond donors (Lipinski definition) is 1. The lowest BCUT2D eigenvalue weighted by Gasteiger charge is -2.15. The smallest absolute Gasteiger partial charge is 0.493 e. The van der Waals surface area contributed by atoms with E-state index in [2.05, 4.69) is 4.74 Å². The lowest BCUT2D eigenvalue weighted by Crippen LogP contribution is -2.34. The van der Waals surface area contributed by atoms with E-state index in [-0.39, 0.29) is 11.5 Å². The molecule has 0 bridgehead atoms. The van der Waals surface area contributed by atoms with Crippen molar-refractivity contribution >= 4 is 12.0 Å². The average Bonchev–Trinajstić information content (AvgIpc) is 2.31. The van der Waals surface area contributed by atoms with E-state index in [4.69, 9.17) is 9.84 Å². The normalized spacial score (nSPS) is 11.6. The fraction of sp³-hybridized carbons (Fsp3) is 0.250. The van der Waals surface area contributed by atoms with Gasteiger partial charge in [-0.05, 0) is 24.6 Å². The molecule has 1 N–H and O–H groups in total. The molecule has 4 nitrogen and oxygen atoms in total. The van der Waals surface area contributed by atoms with Crippen LogP contribution in [-0.2, 0) is 4.79 Å². The summed E-state index contributed by atoms with van der Waals surface area (Å²) in [5, 5.41) is 8.28. The lowest BCUT2D eigenvalue weighted by atomic mass is 10.2. The molecule has 0 fully saturated rings. The summed E-state index contributed by atoms with van der Waals surface area (Å²) in [5.74, 6) is -2.66. The van der Waals surface area contributed by atoms with E-state index >= 15 is 0 Å². The van der Waals surface area contributed by atoms with Gasteiger partial charge in [0, 0.05) is 0 Å². The molecule has 0 aliphatic carbocycles. The van der Waals surface area contributed by atoms with Crippen LogP contribution in [0.1, 0.15) is 12.5 Å². The highest BCUT2D eigenvalue weighted by molar-refractivity contribution is 5.74. The standard InChI is InChI=1S/C12H12F2O4/c1-3-4-8-5-6-9(10(7-8)17-2)18-12(13,14)11(15)16/h3-7H,1-2H3,(H,15,16). The Morgan fingerprint density at radius 3 is 2.56 bits per heavy atom. The van der Waals surface area contributed by atoms with Crippen LogP contribution in [0.5, 0.6) is 11.5 Å². The number of benzene rings is 1. The molecule has 0 atom stereocenters. The number of halogens is 2. The van der Waals surface area contributed by atoms with Crippen LogP contribution in [0.2, 0.25) is 0 Å². The summed E-state index contributed by atoms with van der Waals surface area (Å²) in [4.78, 5) is 10.3. The van der Waals surface area contributed by atoms with Crippen LogP contribution in [0.3, 0.4) is 0 Å². The number of methoxy groups -OCH3 is 1. The minimum absolute atomic E-state index is 0.0338. The number of carboxylic acids is 1. The molecule has 18 heavy (non-hydrogen) atoms. The van der Waals surface area contributed by atoms with Gasteiger partial charge in [-0.25, -0.2) is 4.79 Å². The number of carbonyl (C=O) groups is 1. The second kappa shape index (κ2) is 5.48. The number of aliphatic carboxylic acids is 1. The first-order valence-corrected chi connectivity index (χ1v) is 5.01. The van der Waals surface area contributed by atoms with Crippen molar-refractivity contribution in [3.05, 3.63) is 29.8 Å². The maximum atomic E-state index is 12.9. The van der Waals surface area contributed by atoms with Crippen molar-refractivity contribution in [2.75, 3.05) is 7.11 Å². The molecule has 0 amide bonds. The van der Waals surface area contributed by atoms with Crippen molar-refractivity contribution < 1.29 is 28.2 Å². The van der Waals surface area contributed by atoms with Gasteiger partial charge < -0.3 is 14.6 Å². The second-order valence-electron chi connectivity index (χ2n) is 3.33. The number of alkyl halides is 2. The van der Waals surface area contributed by atoms with Crippen molar-refractivity contribution in [3.63, 3.8) is 0 Å². The van der Waals surface area contributed by atoms with Crippen LogP contribution in [0.25, 0.3) is 6.08 Å². The summed E-state index contributed by atoms with van der Waals surface area (Å²) in [6.07, 6.45) is -0.793. The van der Waals surface area contributed by atoms with Gasteiger partial charge in [0.1, 0.15) is 0 Å². The third-order valence-corrected chi connectivity index (χ3v) is 2.03. The molecule has 0 radical (unpaired) electrons. The monoisotopic (exact) mass is 258 g/mol. The first-order valence-electron chi connectivity index (χ1n) is 5.01. The number of allylic oxidation sites excluding steroid dienone is 1. The predicted octanol–water partition coefficient (Wildman–Crippen LogP) is 2.78. The third kappa shape index (κ3) is 3.19. The third-order valence-electron chi connectivity index (χ3n) is 2.03. The average molecular weight is 258 g/mol. The summed E-state index contributed by atoms with van der Waals surface area (Å²) in [5.41, 5.74) is 0.723. The molecule has 0 heterocycles. The van der Waals surface area contributed by atoms with Crippen LogP contribution in [0, 0.1) is 0 Å². The molecule has 1 aromatic carbocycles. The van der Waals surface area contributed by atoms with Gasteiger partial charge in [0.15, 0.2) is 11.5 Å². The zero-order valence-corrected chi connectivity index (χ0v) is 9.81. The molecule has 0 aliphatic rings. The van der Waals surface area contributed by atoms with Crippen LogP contribution in [0.4, 0.5) is 8.78 Å². The maximum absolute atomic E-state index is 12.9. The Bertz CT molecular complexity index is 469. The first-order chi connectivity index (χ1) is 8.40. The zero-order chi connectivity index (χ0) is 13.8. The number of ether oxygens (including phenoxy) is 2. The molecular formula is C12H12F2O4. The van der Waals surface area contributed by atoms with Crippen molar-refractivity contribution in [2.45, 2.75) is 13.0 Å². The first kappa shape index (κ1) is 14.0. The molecule has 0 spiro atoms. The SMILES string of the molecule is CC=Cc1ccc(OC(F)(F)C(=O)O)c(OC)c1. The molecule has 0 saturated heterocycles. The number of rotatable bonds is 5. The summed E-state index contributed by atoms with van der Waals surface area (Å²) in [6.45, 7) is 1.80. The van der Waals surface area contributed by atoms with Crippen molar-refractivity contribution in [2.24, 2.45) is 0 Å². The molecule has 0 unspecified atom stereocenters. The predicted molar refractivity (Wildman–Crippen MR) is 60.9 cm³/mol. The van der Waals surface area contributed by atoms with Crippen molar-refractivity contribution in [1.82, 2.24) is 0 Å². The van der Waals surface area contributed by atoms with Crippen molar-refractivity contribution in [1.29, 1.82) is 0 Å². The second-order valence-corrected chi connectivity index (χ2v) is 3.33. The molecule has 0 aliphatic heterocycles. The Morgan fingerprint density at radius 2 is 2.06 bits per heavy atom. The zero-order valence-electron chi connectivity index (χ0n) is 9.81. The van der Waals surface area contributed by atoms with Gasteiger partial charge in [-0.15, -0.1) is 0 Å². The molecule has 98 valence electrons. The van der Waals surface area contributed by atoms with E-state index in [0.29, 0.717) is 0 Å². The van der Waals surface area contributed by atoms with Gasteiger partial charge in [0.05, 0.1) is 7.11 Å². The van der Waals surface area contributed by atoms with Crippen LogP contribution in [0.15, 0.2) is 24.3 Å². The van der Waals surface area contributed by atoms with E-state index in [1.54, 1.807) is 19.1 Å². The fourth-order valence-corrected chi connectivity index (χ4v) is 1.25. The van der Waals surface area contributed by atoms with Gasteiger partial charge in [-0.1, -0.05) is 18.2 Å². The fourth-order valence-electron chi connectivity index (χ4n) is 1.25. The molecule has 6 heteroatoms. The Kier molecular flexibility index (Phi) is 4.25. The molecule has 0 saturated carbocycles. The quantitative estimate of drug-likeness (QED) is 0.882. The summed E-state index contributed by atoms with van der Waals surface area (Å²) < 4.78 is 34.8. The Hall–Kier alpha value is -2.11. The van der Waals surface area contributed by atoms with Gasteiger partial charge in [-0.2, -0.15) is 8.78 Å². The van der Waals surface area contributed by atoms with Gasteiger partial charge >= 0.3 is 12.1 Å². The minimum Gasteiger partial charge on any atom is -0.493 e. The molecule has 1 aromatic rings. The molecular weight excluding hydrogens is 246 g/mol. The van der Waals surface area contributed by atoms with Crippen molar-refractivity contribution in [3.8, 4) is 11.5 Å². The highest BCUT2D eigenvalue weighted by Gasteiger charge is 2.43. The summed E-state index contributed by atoms with van der Waals surface area (Å²) >= 11 is 0. The van der Waals surface area contributed by atoms with Crippen LogP contribution < -0.4 is 9.47 Å². The molecule has 0 aromatic heterocycles. The maximum Gasteiger partial charge on any atom is 0.502 e. The van der Waals surface area contributed by atoms with E-state index in [9.17, 15) is 13.6 Å². The Labute approximate surface area is 102 Å². The highest BCUT2D eigenvalue weighted by atomic mass is 19.3. The van der Waals surface area contributed by atoms with Gasteiger partial charge in [0.2, 0.25) is 0 Å². The largest absolute Gasteiger partial charge is 0.502 e. The van der Waals surface area contributed by atoms with Crippen LogP contribution in [-0.4, -0.2) is 24.3 Å². The van der Waals surface area contributed by atoms with Crippen LogP contribution >= 0.6 is 0 Å². The Balaban J connectivity index is 3.06. The van der Waals surface area contributed by atoms with Gasteiger partial charge in [-0.3, -0.25) is 0 Å². The number of hydrogen-bond acceptors (Lipinski definition) is 3. The Morgan fingerprint density at radius 1 is 1.39 bits per heavy atom. The lowest BCUT2D eigenvalue weighted by molar-refractivity contribution is -0.211. The topological polar surface area (TPSA) is 55.8 Å². The highest BCUT2D eigenvalue weighted by Crippen LogP contribution is 2.32. The van der Waals surface area contributed by atoms with E-state index < -0.39 is 12.1 Å². The summed E-state index contributed by atoms with van der Waals surface area (Å²) in [7, 11) is 1.28. The summed E-state index contributed by atoms with van der Waals surface area (Å²) in [6, 6.07) is 4.20. The van der Waals surface area contributed by atoms with E-state index in [1.165, 1.54) is 25.3 Å². The van der Waals surface area contributed by atoms with Gasteiger partial charge in [0.25, 0.3) is 0 Å². The van der Waals surface area contributed by atoms with E-state index in [0.717, 1.165) is 5.56 Å². The number of carboxylic acid groups (broad SMARTS) is 1. The minimum atomic E-state index is -4.30.